The lowest BCUT2D eigenvalue weighted by atomic mass is 10.6. The van der Waals surface area contributed by atoms with Crippen molar-refractivity contribution in [3.63, 3.8) is 0 Å². The van der Waals surface area contributed by atoms with Gasteiger partial charge in [-0.3, -0.25) is 4.57 Å². The maximum atomic E-state index is 11.0. The number of aromatic nitrogens is 2. The average molecular weight is 189 g/mol. The Hall–Kier alpha value is -0.870. The molecule has 4 nitrogen and oxygen atoms in total. The highest BCUT2D eigenvalue weighted by Crippen LogP contribution is 2.00. The Kier molecular flexibility index (Phi) is 3.25. The van der Waals surface area contributed by atoms with E-state index in [9.17, 15) is 4.79 Å². The predicted octanol–water partition coefficient (Wildman–Crippen LogP) is 0.891. The van der Waals surface area contributed by atoms with Crippen molar-refractivity contribution in [2.45, 2.75) is 13.7 Å². The lowest BCUT2D eigenvalue weighted by Gasteiger charge is -2.03. The molecule has 0 N–H and O–H groups in total. The summed E-state index contributed by atoms with van der Waals surface area (Å²) >= 11 is 5.62. The Morgan fingerprint density at radius 3 is 3.17 bits per heavy atom. The third-order valence-electron chi connectivity index (χ3n) is 1.26. The molecule has 0 aliphatic carbocycles. The van der Waals surface area contributed by atoms with E-state index in [1.807, 2.05) is 6.92 Å². The largest absolute Gasteiger partial charge is 0.361 e. The summed E-state index contributed by atoms with van der Waals surface area (Å²) in [5.41, 5.74) is -0.354. The zero-order chi connectivity index (χ0) is 8.97. The Labute approximate surface area is 74.8 Å². The number of nitrogens with zero attached hydrogens (tertiary/aromatic N) is 2. The molecular formula is C7H9ClN2O2. The summed E-state index contributed by atoms with van der Waals surface area (Å²) in [4.78, 5) is 14.5. The van der Waals surface area contributed by atoms with E-state index in [0.29, 0.717) is 11.6 Å². The molecule has 0 amide bonds. The number of ether oxygens (including phenoxy) is 1. The van der Waals surface area contributed by atoms with Gasteiger partial charge in [0.05, 0.1) is 11.2 Å². The zero-order valence-corrected chi connectivity index (χ0v) is 7.41. The molecular weight excluding hydrogens is 180 g/mol. The quantitative estimate of drug-likeness (QED) is 0.708. The van der Waals surface area contributed by atoms with E-state index in [1.54, 1.807) is 0 Å². The van der Waals surface area contributed by atoms with Crippen molar-refractivity contribution in [2.75, 3.05) is 6.61 Å². The summed E-state index contributed by atoms with van der Waals surface area (Å²) in [7, 11) is 0. The van der Waals surface area contributed by atoms with Crippen LogP contribution in [0.15, 0.2) is 17.2 Å². The Balaban J connectivity index is 2.83. The highest BCUT2D eigenvalue weighted by atomic mass is 35.5. The summed E-state index contributed by atoms with van der Waals surface area (Å²) < 4.78 is 6.33. The normalized spacial score (nSPS) is 10.2. The van der Waals surface area contributed by atoms with Gasteiger partial charge in [0, 0.05) is 12.8 Å². The van der Waals surface area contributed by atoms with Crippen molar-refractivity contribution in [1.82, 2.24) is 9.55 Å². The minimum atomic E-state index is -0.354. The SMILES string of the molecule is CCOCn1cc(Cl)cnc1=O. The van der Waals surface area contributed by atoms with Gasteiger partial charge < -0.3 is 4.74 Å². The minimum absolute atomic E-state index is 0.197. The highest BCUT2D eigenvalue weighted by molar-refractivity contribution is 6.30. The van der Waals surface area contributed by atoms with Crippen LogP contribution in [0.4, 0.5) is 0 Å². The zero-order valence-electron chi connectivity index (χ0n) is 6.66. The Morgan fingerprint density at radius 2 is 2.50 bits per heavy atom. The third kappa shape index (κ3) is 2.32. The lowest BCUT2D eigenvalue weighted by Crippen LogP contribution is -2.23. The van der Waals surface area contributed by atoms with Crippen molar-refractivity contribution in [3.8, 4) is 0 Å². The van der Waals surface area contributed by atoms with Crippen LogP contribution in [0.2, 0.25) is 5.02 Å². The molecule has 66 valence electrons. The van der Waals surface area contributed by atoms with Crippen LogP contribution in [0, 0.1) is 0 Å². The molecule has 0 saturated carbocycles. The van der Waals surface area contributed by atoms with Crippen molar-refractivity contribution < 1.29 is 4.74 Å². The number of hydrogen-bond donors (Lipinski definition) is 0. The third-order valence-corrected chi connectivity index (χ3v) is 1.45. The molecule has 5 heteroatoms. The number of hydrogen-bond acceptors (Lipinski definition) is 3. The fourth-order valence-corrected chi connectivity index (χ4v) is 0.877. The first-order valence-corrected chi connectivity index (χ1v) is 3.91. The van der Waals surface area contributed by atoms with E-state index in [0.717, 1.165) is 0 Å². The van der Waals surface area contributed by atoms with Crippen molar-refractivity contribution in [2.24, 2.45) is 0 Å². The van der Waals surface area contributed by atoms with Gasteiger partial charge in [0.15, 0.2) is 0 Å². The van der Waals surface area contributed by atoms with Crippen molar-refractivity contribution in [3.05, 3.63) is 27.9 Å². The minimum Gasteiger partial charge on any atom is -0.361 e. The summed E-state index contributed by atoms with van der Waals surface area (Å²) in [5.74, 6) is 0. The summed E-state index contributed by atoms with van der Waals surface area (Å²) in [6.07, 6.45) is 2.80. The number of halogens is 1. The van der Waals surface area contributed by atoms with Crippen LogP contribution in [0.1, 0.15) is 6.92 Å². The van der Waals surface area contributed by atoms with Crippen molar-refractivity contribution in [1.29, 1.82) is 0 Å². The molecule has 0 saturated heterocycles. The van der Waals surface area contributed by atoms with Gasteiger partial charge in [0.1, 0.15) is 6.73 Å². The van der Waals surface area contributed by atoms with Crippen LogP contribution in [0.25, 0.3) is 0 Å². The van der Waals surface area contributed by atoms with Crippen LogP contribution in [-0.2, 0) is 11.5 Å². The maximum absolute atomic E-state index is 11.0. The van der Waals surface area contributed by atoms with Gasteiger partial charge in [-0.2, -0.15) is 4.98 Å². The molecule has 0 aliphatic heterocycles. The standard InChI is InChI=1S/C7H9ClN2O2/c1-2-12-5-10-4-6(8)3-9-7(10)11/h3-4H,2,5H2,1H3. The van der Waals surface area contributed by atoms with Crippen LogP contribution < -0.4 is 5.69 Å². The van der Waals surface area contributed by atoms with Gasteiger partial charge in [-0.25, -0.2) is 4.79 Å². The van der Waals surface area contributed by atoms with E-state index < -0.39 is 0 Å². The molecule has 0 radical (unpaired) electrons. The van der Waals surface area contributed by atoms with E-state index in [-0.39, 0.29) is 12.4 Å². The summed E-state index contributed by atoms with van der Waals surface area (Å²) in [6, 6.07) is 0. The first kappa shape index (κ1) is 9.22. The molecule has 12 heavy (non-hydrogen) atoms. The van der Waals surface area contributed by atoms with Crippen LogP contribution in [0.5, 0.6) is 0 Å². The van der Waals surface area contributed by atoms with E-state index in [4.69, 9.17) is 16.3 Å². The van der Waals surface area contributed by atoms with Gasteiger partial charge >= 0.3 is 5.69 Å². The molecule has 1 heterocycles. The Bertz CT molecular complexity index is 311. The van der Waals surface area contributed by atoms with Crippen LogP contribution in [-0.4, -0.2) is 16.2 Å². The molecule has 0 spiro atoms. The second kappa shape index (κ2) is 4.23. The van der Waals surface area contributed by atoms with Gasteiger partial charge in [-0.1, -0.05) is 11.6 Å². The monoisotopic (exact) mass is 188 g/mol. The average Bonchev–Trinajstić information content (AvgIpc) is 2.07. The second-order valence-corrected chi connectivity index (χ2v) is 2.58. The summed E-state index contributed by atoms with van der Waals surface area (Å²) in [6.45, 7) is 2.60. The van der Waals surface area contributed by atoms with Gasteiger partial charge in [0.25, 0.3) is 0 Å². The van der Waals surface area contributed by atoms with E-state index in [1.165, 1.54) is 17.0 Å². The van der Waals surface area contributed by atoms with E-state index in [2.05, 4.69) is 4.98 Å². The number of rotatable bonds is 3. The van der Waals surface area contributed by atoms with Crippen molar-refractivity contribution >= 4 is 11.6 Å². The maximum Gasteiger partial charge on any atom is 0.349 e. The molecule has 0 aromatic carbocycles. The van der Waals surface area contributed by atoms with Crippen LogP contribution in [0.3, 0.4) is 0 Å². The molecule has 0 unspecified atom stereocenters. The molecule has 1 aromatic heterocycles. The van der Waals surface area contributed by atoms with E-state index >= 15 is 0 Å². The molecule has 0 aliphatic rings. The highest BCUT2D eigenvalue weighted by Gasteiger charge is 1.96. The predicted molar refractivity (Wildman–Crippen MR) is 45.1 cm³/mol. The molecule has 0 fully saturated rings. The van der Waals surface area contributed by atoms with Gasteiger partial charge in [0.2, 0.25) is 0 Å². The Morgan fingerprint density at radius 1 is 1.75 bits per heavy atom. The first-order valence-electron chi connectivity index (χ1n) is 3.53. The lowest BCUT2D eigenvalue weighted by molar-refractivity contribution is 0.0844. The van der Waals surface area contributed by atoms with Gasteiger partial charge in [-0.05, 0) is 6.92 Å². The van der Waals surface area contributed by atoms with Gasteiger partial charge in [-0.15, -0.1) is 0 Å². The smallest absolute Gasteiger partial charge is 0.349 e. The second-order valence-electron chi connectivity index (χ2n) is 2.15. The molecule has 1 aromatic rings. The summed E-state index contributed by atoms with van der Waals surface area (Å²) in [5, 5.41) is 0.425. The fourth-order valence-electron chi connectivity index (χ4n) is 0.711. The molecule has 1 rings (SSSR count). The molecule has 0 atom stereocenters. The first-order chi connectivity index (χ1) is 5.74. The van der Waals surface area contributed by atoms with Crippen LogP contribution >= 0.6 is 11.6 Å². The topological polar surface area (TPSA) is 44.1 Å². The molecule has 0 bridgehead atoms. The fraction of sp³-hybridized carbons (Fsp3) is 0.429.